The molecule has 1 aromatic carbocycles. The molecule has 0 radical (unpaired) electrons. The summed E-state index contributed by atoms with van der Waals surface area (Å²) in [7, 11) is 0. The lowest BCUT2D eigenvalue weighted by molar-refractivity contribution is 0.185. The molecule has 8 heteroatoms. The lowest BCUT2D eigenvalue weighted by Crippen LogP contribution is -2.11. The number of benzene rings is 1. The number of fused-ring (bicyclic) bond motifs is 2. The number of hydrogen-bond donors (Lipinski definition) is 2. The molecule has 4 heterocycles. The Kier molecular flexibility index (Phi) is 3.19. The Bertz CT molecular complexity index is 1100. The van der Waals surface area contributed by atoms with Gasteiger partial charge in [0.2, 0.25) is 0 Å². The summed E-state index contributed by atoms with van der Waals surface area (Å²) < 4.78 is 7.39. The third-order valence-electron chi connectivity index (χ3n) is 4.65. The Hall–Kier alpha value is -2.64. The maximum absolute atomic E-state index is 6.63. The van der Waals surface area contributed by atoms with Crippen molar-refractivity contribution >= 4 is 39.4 Å². The van der Waals surface area contributed by atoms with Crippen LogP contribution in [0.1, 0.15) is 12.5 Å². The van der Waals surface area contributed by atoms with Crippen LogP contribution in [0.15, 0.2) is 30.6 Å². The molecule has 1 unspecified atom stereocenters. The topological polar surface area (TPSA) is 94.6 Å². The van der Waals surface area contributed by atoms with Crippen molar-refractivity contribution in [2.75, 3.05) is 18.9 Å². The van der Waals surface area contributed by atoms with Gasteiger partial charge in [0.1, 0.15) is 17.8 Å². The summed E-state index contributed by atoms with van der Waals surface area (Å²) in [6.07, 6.45) is 2.35. The summed E-state index contributed by atoms with van der Waals surface area (Å²) in [5.74, 6) is 0.389. The van der Waals surface area contributed by atoms with Gasteiger partial charge in [-0.2, -0.15) is 5.10 Å². The maximum atomic E-state index is 6.63. The predicted molar refractivity (Wildman–Crippen MR) is 96.5 cm³/mol. The second-order valence-corrected chi connectivity index (χ2v) is 6.51. The summed E-state index contributed by atoms with van der Waals surface area (Å²) in [6.45, 7) is 1.33. The van der Waals surface area contributed by atoms with Gasteiger partial charge in [-0.05, 0) is 12.5 Å². The molecule has 4 aromatic rings. The highest BCUT2D eigenvalue weighted by atomic mass is 35.5. The molecule has 0 aliphatic carbocycles. The smallest absolute Gasteiger partial charge is 0.164 e. The largest absolute Gasteiger partial charge is 0.383 e. The van der Waals surface area contributed by atoms with Crippen molar-refractivity contribution in [2.24, 2.45) is 0 Å². The van der Waals surface area contributed by atoms with E-state index in [2.05, 4.69) is 15.0 Å². The fraction of sp³-hybridized carbons (Fsp3) is 0.235. The van der Waals surface area contributed by atoms with Gasteiger partial charge in [-0.25, -0.2) is 14.6 Å². The third-order valence-corrected chi connectivity index (χ3v) is 5.04. The van der Waals surface area contributed by atoms with E-state index in [4.69, 9.17) is 27.2 Å². The van der Waals surface area contributed by atoms with Crippen molar-refractivity contribution in [3.63, 3.8) is 0 Å². The molecule has 5 rings (SSSR count). The van der Waals surface area contributed by atoms with Crippen LogP contribution in [0.2, 0.25) is 5.02 Å². The van der Waals surface area contributed by atoms with Gasteiger partial charge in [0, 0.05) is 17.5 Å². The summed E-state index contributed by atoms with van der Waals surface area (Å²) in [4.78, 5) is 11.9. The van der Waals surface area contributed by atoms with Crippen LogP contribution < -0.4 is 5.73 Å². The van der Waals surface area contributed by atoms with E-state index in [9.17, 15) is 0 Å². The molecular formula is C17H15ClN6O. The fourth-order valence-electron chi connectivity index (χ4n) is 3.41. The molecule has 0 saturated carbocycles. The average Bonchev–Trinajstić information content (AvgIpc) is 3.33. The van der Waals surface area contributed by atoms with Gasteiger partial charge >= 0.3 is 0 Å². The Morgan fingerprint density at radius 1 is 1.28 bits per heavy atom. The van der Waals surface area contributed by atoms with Crippen LogP contribution in [0, 0.1) is 0 Å². The average molecular weight is 355 g/mol. The van der Waals surface area contributed by atoms with Gasteiger partial charge in [0.25, 0.3) is 0 Å². The molecule has 1 fully saturated rings. The highest BCUT2D eigenvalue weighted by Crippen LogP contribution is 2.39. The molecule has 0 amide bonds. The first-order valence-corrected chi connectivity index (χ1v) is 8.45. The van der Waals surface area contributed by atoms with Gasteiger partial charge in [0.15, 0.2) is 5.65 Å². The number of aromatic amines is 1. The lowest BCUT2D eigenvalue weighted by Gasteiger charge is -2.08. The van der Waals surface area contributed by atoms with Gasteiger partial charge in [-0.3, -0.25) is 0 Å². The minimum atomic E-state index is 0.133. The number of hydrogen-bond acceptors (Lipinski definition) is 5. The standard InChI is InChI=1S/C17H15ClN6O/c18-13-10-3-1-2-4-11(10)22-15(13)14-12-16(19)20-8-21-17(12)24(23-14)9-5-6-25-7-9/h1-4,8-9,22H,5-7H2,(H2,19,20,21). The maximum Gasteiger partial charge on any atom is 0.164 e. The van der Waals surface area contributed by atoms with Crippen LogP contribution in [-0.2, 0) is 4.74 Å². The monoisotopic (exact) mass is 354 g/mol. The summed E-state index contributed by atoms with van der Waals surface area (Å²) in [5, 5.41) is 7.07. The summed E-state index contributed by atoms with van der Waals surface area (Å²) in [5.41, 5.74) is 9.21. The van der Waals surface area contributed by atoms with Gasteiger partial charge in [-0.15, -0.1) is 0 Å². The highest BCUT2D eigenvalue weighted by Gasteiger charge is 2.26. The predicted octanol–water partition coefficient (Wildman–Crippen LogP) is 3.17. The summed E-state index contributed by atoms with van der Waals surface area (Å²) in [6, 6.07) is 8.00. The van der Waals surface area contributed by atoms with Crippen molar-refractivity contribution in [1.82, 2.24) is 24.7 Å². The number of anilines is 1. The molecule has 0 bridgehead atoms. The molecule has 7 nitrogen and oxygen atoms in total. The zero-order valence-electron chi connectivity index (χ0n) is 13.2. The molecule has 3 N–H and O–H groups in total. The van der Waals surface area contributed by atoms with E-state index in [1.165, 1.54) is 6.33 Å². The zero-order chi connectivity index (χ0) is 17.0. The molecule has 0 spiro atoms. The number of halogens is 1. The summed E-state index contributed by atoms with van der Waals surface area (Å²) >= 11 is 6.63. The van der Waals surface area contributed by atoms with E-state index in [-0.39, 0.29) is 6.04 Å². The molecule has 3 aromatic heterocycles. The lowest BCUT2D eigenvalue weighted by atomic mass is 10.2. The van der Waals surface area contributed by atoms with Crippen molar-refractivity contribution < 1.29 is 4.74 Å². The van der Waals surface area contributed by atoms with Crippen LogP contribution in [0.3, 0.4) is 0 Å². The van der Waals surface area contributed by atoms with Gasteiger partial charge in [0.05, 0.1) is 28.8 Å². The minimum Gasteiger partial charge on any atom is -0.383 e. The number of nitrogens with two attached hydrogens (primary N) is 1. The van der Waals surface area contributed by atoms with E-state index >= 15 is 0 Å². The number of para-hydroxylation sites is 1. The minimum absolute atomic E-state index is 0.133. The first-order valence-electron chi connectivity index (χ1n) is 8.07. The van der Waals surface area contributed by atoms with E-state index < -0.39 is 0 Å². The van der Waals surface area contributed by atoms with Crippen LogP contribution in [0.4, 0.5) is 5.82 Å². The van der Waals surface area contributed by atoms with Crippen molar-refractivity contribution in [3.8, 4) is 11.4 Å². The van der Waals surface area contributed by atoms with E-state index in [1.54, 1.807) is 0 Å². The van der Waals surface area contributed by atoms with E-state index in [0.717, 1.165) is 29.6 Å². The van der Waals surface area contributed by atoms with E-state index in [1.807, 2.05) is 28.9 Å². The Morgan fingerprint density at radius 3 is 2.96 bits per heavy atom. The third kappa shape index (κ3) is 2.13. The number of H-pyrrole nitrogens is 1. The fourth-order valence-corrected chi connectivity index (χ4v) is 3.71. The molecular weight excluding hydrogens is 340 g/mol. The van der Waals surface area contributed by atoms with Crippen LogP contribution in [-0.4, -0.2) is 37.9 Å². The second-order valence-electron chi connectivity index (χ2n) is 6.13. The second kappa shape index (κ2) is 5.44. The SMILES string of the molecule is Nc1ncnc2c1c(-c1[nH]c3ccccc3c1Cl)nn2C1CCOC1. The number of rotatable bonds is 2. The first kappa shape index (κ1) is 14.7. The van der Waals surface area contributed by atoms with Crippen LogP contribution in [0.25, 0.3) is 33.3 Å². The zero-order valence-corrected chi connectivity index (χ0v) is 14.0. The van der Waals surface area contributed by atoms with Gasteiger partial charge < -0.3 is 15.5 Å². The van der Waals surface area contributed by atoms with Crippen molar-refractivity contribution in [1.29, 1.82) is 0 Å². The number of nitrogens with one attached hydrogen (secondary N) is 1. The molecule has 25 heavy (non-hydrogen) atoms. The van der Waals surface area contributed by atoms with Gasteiger partial charge in [-0.1, -0.05) is 29.8 Å². The van der Waals surface area contributed by atoms with E-state index in [0.29, 0.717) is 34.2 Å². The highest BCUT2D eigenvalue weighted by molar-refractivity contribution is 6.38. The normalized spacial score (nSPS) is 17.7. The van der Waals surface area contributed by atoms with Crippen molar-refractivity contribution in [3.05, 3.63) is 35.6 Å². The molecule has 126 valence electrons. The van der Waals surface area contributed by atoms with Crippen LogP contribution >= 0.6 is 11.6 Å². The Morgan fingerprint density at radius 2 is 2.16 bits per heavy atom. The first-order chi connectivity index (χ1) is 12.2. The Balaban J connectivity index is 1.82. The number of ether oxygens (including phenoxy) is 1. The Labute approximate surface area is 147 Å². The molecule has 1 atom stereocenters. The number of nitrogen functional groups attached to an aromatic ring is 1. The molecule has 1 aliphatic rings. The molecule has 1 saturated heterocycles. The number of nitrogens with zero attached hydrogens (tertiary/aromatic N) is 4. The quantitative estimate of drug-likeness (QED) is 0.576. The molecule has 1 aliphatic heterocycles. The van der Waals surface area contributed by atoms with Crippen molar-refractivity contribution in [2.45, 2.75) is 12.5 Å². The number of aromatic nitrogens is 5. The van der Waals surface area contributed by atoms with Crippen LogP contribution in [0.5, 0.6) is 0 Å².